The van der Waals surface area contributed by atoms with Crippen LogP contribution in [0, 0.1) is 22.7 Å². The number of carbonyl (C=O) groups is 8. The van der Waals surface area contributed by atoms with Crippen LogP contribution in [0.15, 0.2) is 77.4 Å². The molecule has 0 aliphatic carbocycles. The van der Waals surface area contributed by atoms with Gasteiger partial charge in [-0.15, -0.1) is 11.3 Å². The lowest BCUT2D eigenvalue weighted by atomic mass is 9.85. The summed E-state index contributed by atoms with van der Waals surface area (Å²) in [6.45, 7) is 9.26. The molecular formula is C57H63F2N6O13PS. The highest BCUT2D eigenvalue weighted by atomic mass is 32.1. The molecule has 3 aromatic carbocycles. The molecule has 2 fully saturated rings. The van der Waals surface area contributed by atoms with Gasteiger partial charge < -0.3 is 39.0 Å². The molecule has 424 valence electrons. The lowest BCUT2D eigenvalue weighted by molar-refractivity contribution is -0.160. The number of likely N-dealkylation sites (tertiary alicyclic amines) is 1. The Morgan fingerprint density at radius 2 is 1.74 bits per heavy atom. The molecule has 0 spiro atoms. The highest BCUT2D eigenvalue weighted by molar-refractivity contribution is 7.53. The second-order valence-corrected chi connectivity index (χ2v) is 25.1. The quantitative estimate of drug-likeness (QED) is 0.0200. The van der Waals surface area contributed by atoms with Crippen LogP contribution in [0.1, 0.15) is 123 Å². The minimum absolute atomic E-state index is 0.0466. The molecule has 19 nitrogen and oxygen atoms in total. The fraction of sp³-hybridized carbons (Fsp3) is 0.439. The molecule has 80 heavy (non-hydrogen) atoms. The van der Waals surface area contributed by atoms with Crippen molar-refractivity contribution in [2.75, 3.05) is 38.4 Å². The van der Waals surface area contributed by atoms with Crippen molar-refractivity contribution in [1.82, 2.24) is 25.3 Å². The van der Waals surface area contributed by atoms with Crippen molar-refractivity contribution in [3.63, 3.8) is 0 Å². The summed E-state index contributed by atoms with van der Waals surface area (Å²) < 4.78 is 59.2. The van der Waals surface area contributed by atoms with Gasteiger partial charge in [0.25, 0.3) is 11.8 Å². The highest BCUT2D eigenvalue weighted by Crippen LogP contribution is 2.63. The molecule has 23 heteroatoms. The molecular weight excluding hydrogens is 1080 g/mol. The number of alkyl halides is 2. The van der Waals surface area contributed by atoms with Crippen LogP contribution in [0.2, 0.25) is 0 Å². The zero-order chi connectivity index (χ0) is 58.1. The number of ether oxygens (including phenoxy) is 1. The number of carbonyl (C=O) groups excluding carboxylic acids is 8. The number of benzene rings is 3. The predicted molar refractivity (Wildman–Crippen MR) is 292 cm³/mol. The predicted octanol–water partition coefficient (Wildman–Crippen LogP) is 8.06. The normalized spacial score (nSPS) is 17.8. The third-order valence-electron chi connectivity index (χ3n) is 14.3. The minimum atomic E-state index is -5.75. The van der Waals surface area contributed by atoms with Gasteiger partial charge in [-0.2, -0.15) is 8.78 Å². The molecule has 5 aromatic rings. The highest BCUT2D eigenvalue weighted by Gasteiger charge is 2.53. The second-order valence-electron chi connectivity index (χ2n) is 22.2. The Morgan fingerprint density at radius 3 is 2.46 bits per heavy atom. The summed E-state index contributed by atoms with van der Waals surface area (Å²) >= 11 is 0.944. The Labute approximate surface area is 464 Å². The maximum Gasteiger partial charge on any atom is 0.404 e. The van der Waals surface area contributed by atoms with E-state index in [4.69, 9.17) is 9.15 Å². The van der Waals surface area contributed by atoms with Crippen molar-refractivity contribution < 1.29 is 70.3 Å². The lowest BCUT2D eigenvalue weighted by Crippen LogP contribution is -2.58. The van der Waals surface area contributed by atoms with Crippen molar-refractivity contribution in [1.29, 1.82) is 0 Å². The summed E-state index contributed by atoms with van der Waals surface area (Å²) in [4.78, 5) is 123. The summed E-state index contributed by atoms with van der Waals surface area (Å²) in [5, 5.41) is 6.06. The molecule has 0 bridgehead atoms. The first-order valence-electron chi connectivity index (χ1n) is 26.1. The maximum absolute atomic E-state index is 15.5. The molecule has 8 rings (SSSR count). The largest absolute Gasteiger partial charge is 0.464 e. The molecule has 2 aromatic heterocycles. The number of hydrogen-bond donors (Lipinski definition) is 3. The number of esters is 1. The molecule has 4 atom stereocenters. The molecule has 0 saturated carbocycles. The number of imide groups is 1. The molecule has 3 aliphatic rings. The number of amides is 7. The van der Waals surface area contributed by atoms with E-state index in [1.165, 1.54) is 53.9 Å². The Balaban J connectivity index is 0.910. The van der Waals surface area contributed by atoms with Gasteiger partial charge in [-0.05, 0) is 111 Å². The van der Waals surface area contributed by atoms with Gasteiger partial charge in [0.15, 0.2) is 0 Å². The molecule has 7 amide bonds. The number of rotatable bonds is 17. The van der Waals surface area contributed by atoms with E-state index in [0.717, 1.165) is 28.9 Å². The number of furan rings is 1. The number of hydrogen-bond acceptors (Lipinski definition) is 13. The average Bonchev–Trinajstić information content (AvgIpc) is 4.24. The first-order chi connectivity index (χ1) is 37.7. The Morgan fingerprint density at radius 1 is 0.975 bits per heavy atom. The van der Waals surface area contributed by atoms with Crippen LogP contribution >= 0.6 is 18.9 Å². The van der Waals surface area contributed by atoms with Crippen LogP contribution in [0.25, 0.3) is 21.1 Å². The molecule has 0 radical (unpaired) electrons. The van der Waals surface area contributed by atoms with Gasteiger partial charge in [0, 0.05) is 91.0 Å². The smallest absolute Gasteiger partial charge is 0.404 e. The number of anilines is 1. The number of thiophene rings is 1. The fourth-order valence-corrected chi connectivity index (χ4v) is 11.5. The second kappa shape index (κ2) is 23.4. The van der Waals surface area contributed by atoms with E-state index in [0.29, 0.717) is 64.9 Å². The Bertz CT molecular complexity index is 3410. The number of unbranched alkanes of at least 4 members (excludes halogenated alkanes) is 1. The summed E-state index contributed by atoms with van der Waals surface area (Å²) in [6.07, 6.45) is 3.53. The van der Waals surface area contributed by atoms with E-state index in [2.05, 4.69) is 27.0 Å². The summed E-state index contributed by atoms with van der Waals surface area (Å²) in [5.74, 6) is 2.39. The van der Waals surface area contributed by atoms with Crippen LogP contribution in [0.5, 0.6) is 0 Å². The lowest BCUT2D eigenvalue weighted by Gasteiger charge is -2.36. The van der Waals surface area contributed by atoms with E-state index in [-0.39, 0.29) is 66.9 Å². The number of piperidine rings is 1. The van der Waals surface area contributed by atoms with Crippen molar-refractivity contribution in [3.05, 3.63) is 100 Å². The molecule has 5 heterocycles. The first-order valence-corrected chi connectivity index (χ1v) is 28.5. The Kier molecular flexibility index (Phi) is 17.2. The number of halogens is 2. The third-order valence-corrected chi connectivity index (χ3v) is 16.8. The van der Waals surface area contributed by atoms with Gasteiger partial charge in [-0.1, -0.05) is 44.7 Å². The van der Waals surface area contributed by atoms with Crippen molar-refractivity contribution in [3.8, 4) is 11.8 Å². The van der Waals surface area contributed by atoms with Gasteiger partial charge in [0.2, 0.25) is 36.3 Å². The maximum atomic E-state index is 15.5. The van der Waals surface area contributed by atoms with Crippen LogP contribution in [0.4, 0.5) is 14.5 Å². The average molecular weight is 1140 g/mol. The van der Waals surface area contributed by atoms with Gasteiger partial charge in [-0.3, -0.25) is 52.8 Å². The van der Waals surface area contributed by atoms with E-state index >= 15 is 8.78 Å². The van der Waals surface area contributed by atoms with E-state index < -0.39 is 84.2 Å². The monoisotopic (exact) mass is 1140 g/mol. The van der Waals surface area contributed by atoms with Crippen LogP contribution in [0.3, 0.4) is 0 Å². The van der Waals surface area contributed by atoms with E-state index in [1.807, 2.05) is 6.07 Å². The number of nitrogens with zero attached hydrogens (tertiary/aromatic N) is 4. The van der Waals surface area contributed by atoms with Gasteiger partial charge in [-0.25, -0.2) is 0 Å². The topological polar surface area (TPSA) is 242 Å². The minimum Gasteiger partial charge on any atom is -0.464 e. The zero-order valence-electron chi connectivity index (χ0n) is 45.4. The molecule has 3 aliphatic heterocycles. The van der Waals surface area contributed by atoms with Crippen molar-refractivity contribution in [2.24, 2.45) is 10.8 Å². The van der Waals surface area contributed by atoms with Gasteiger partial charge in [0.1, 0.15) is 23.7 Å². The van der Waals surface area contributed by atoms with Crippen molar-refractivity contribution in [2.45, 2.75) is 117 Å². The van der Waals surface area contributed by atoms with Gasteiger partial charge in [0.05, 0.1) is 16.6 Å². The number of fused-ring (bicyclic) bond motifs is 3. The van der Waals surface area contributed by atoms with Crippen LogP contribution in [-0.2, 0) is 54.8 Å². The standard InChI is InChI=1S/C57H63F2N6O13PS/c1-55(2,3)48(61-50(69)45-30-36-29-37(18-21-44(36)80-45)57(58,59)79(74,75)78-33-77-54(73)56(4,5)6)53(72)64-26-12-16-42(64)52(71)63(38-19-17-35-24-28-76-43(35)31-38)27-23-47(67)62(7)25-10-8-9-13-34-14-11-15-39-40(34)32-65(51(39)70)41-20-22-46(66)60-49(41)68/h11,14-15,17-19,21,24,28-31,41-42,48H,8,10,12,16,20,22-23,25-27,32-33H2,1-7H3,(H,61,69)(H,74,75)(H,60,66,68)/t41?,42-,48+/m0/s1. The zero-order valence-corrected chi connectivity index (χ0v) is 47.1. The summed E-state index contributed by atoms with van der Waals surface area (Å²) in [7, 11) is -4.09. The first kappa shape index (κ1) is 58.8. The van der Waals surface area contributed by atoms with E-state index in [9.17, 15) is 47.8 Å². The summed E-state index contributed by atoms with van der Waals surface area (Å²) in [6, 6.07) is 13.8. The van der Waals surface area contributed by atoms with E-state index in [1.54, 1.807) is 69.1 Å². The molecule has 2 saturated heterocycles. The van der Waals surface area contributed by atoms with Crippen LogP contribution < -0.4 is 15.5 Å². The van der Waals surface area contributed by atoms with Gasteiger partial charge >= 0.3 is 19.2 Å². The molecule has 2 unspecified atom stereocenters. The van der Waals surface area contributed by atoms with Crippen LogP contribution in [-0.4, -0.2) is 119 Å². The number of nitrogens with one attached hydrogen (secondary N) is 2. The summed E-state index contributed by atoms with van der Waals surface area (Å²) in [5.41, 5.74) is -4.49. The SMILES string of the molecule is CN(CCCC#Cc1cccc2c1CN(C1CCC(=O)NC1=O)C2=O)C(=O)CCN(C(=O)[C@@H]1CCCN1C(=O)[C@@H](NC(=O)c1cc2cc(C(F)(F)P(=O)(O)OCOC(=O)C(C)(C)C)ccc2s1)C(C)(C)C)c1ccc2ccoc2c1. The Hall–Kier alpha value is -7.31. The molecule has 3 N–H and O–H groups in total. The third kappa shape index (κ3) is 12.7. The van der Waals surface area contributed by atoms with Crippen molar-refractivity contribution >= 4 is 93.0 Å². The fourth-order valence-electron chi connectivity index (χ4n) is 9.70.